The molecule has 1 N–H and O–H groups in total. The number of benzene rings is 1. The molecule has 0 saturated carbocycles. The zero-order valence-electron chi connectivity index (χ0n) is 10.4. The van der Waals surface area contributed by atoms with Gasteiger partial charge in [-0.1, -0.05) is 0 Å². The molecule has 1 aromatic heterocycles. The summed E-state index contributed by atoms with van der Waals surface area (Å²) in [5.41, 5.74) is -1.01. The molecule has 0 unspecified atom stereocenters. The molecule has 1 heterocycles. The highest BCUT2D eigenvalue weighted by Gasteiger charge is 2.30. The molecule has 0 spiro atoms. The second-order valence-electron chi connectivity index (χ2n) is 4.18. The number of fused-ring (bicyclic) bond motifs is 1. The van der Waals surface area contributed by atoms with Gasteiger partial charge in [0, 0.05) is 11.1 Å². The number of aromatic amines is 1. The predicted molar refractivity (Wildman–Crippen MR) is 65.3 cm³/mol. The van der Waals surface area contributed by atoms with Gasteiger partial charge < -0.3 is 9.72 Å². The Morgan fingerprint density at radius 2 is 2.00 bits per heavy atom. The van der Waals surface area contributed by atoms with Crippen LogP contribution in [0.1, 0.15) is 11.1 Å². The van der Waals surface area contributed by atoms with Crippen molar-refractivity contribution in [1.29, 1.82) is 0 Å². The number of esters is 1. The van der Waals surface area contributed by atoms with Crippen molar-refractivity contribution in [2.24, 2.45) is 0 Å². The van der Waals surface area contributed by atoms with Crippen molar-refractivity contribution in [2.75, 3.05) is 7.11 Å². The maximum Gasteiger partial charge on any atom is 0.416 e. The molecular formula is C13H10F3NO3. The number of aromatic nitrogens is 1. The van der Waals surface area contributed by atoms with E-state index in [0.717, 1.165) is 12.1 Å². The van der Waals surface area contributed by atoms with Crippen molar-refractivity contribution in [1.82, 2.24) is 4.98 Å². The summed E-state index contributed by atoms with van der Waals surface area (Å²) in [7, 11) is 1.17. The van der Waals surface area contributed by atoms with E-state index in [-0.39, 0.29) is 22.9 Å². The summed E-state index contributed by atoms with van der Waals surface area (Å²) in [5, 5.41) is 0.207. The van der Waals surface area contributed by atoms with Crippen molar-refractivity contribution in [3.8, 4) is 0 Å². The number of pyridine rings is 1. The van der Waals surface area contributed by atoms with E-state index in [1.54, 1.807) is 0 Å². The van der Waals surface area contributed by atoms with E-state index in [1.807, 2.05) is 0 Å². The fourth-order valence-electron chi connectivity index (χ4n) is 1.79. The Hall–Kier alpha value is -2.31. The highest BCUT2D eigenvalue weighted by atomic mass is 19.4. The number of methoxy groups -OCH3 is 1. The van der Waals surface area contributed by atoms with Crippen molar-refractivity contribution in [2.45, 2.75) is 12.6 Å². The molecule has 4 nitrogen and oxygen atoms in total. The molecule has 2 aromatic rings. The lowest BCUT2D eigenvalue weighted by Gasteiger charge is -2.08. The van der Waals surface area contributed by atoms with E-state index in [4.69, 9.17) is 0 Å². The van der Waals surface area contributed by atoms with Gasteiger partial charge in [-0.3, -0.25) is 9.59 Å². The molecule has 0 aliphatic heterocycles. The smallest absolute Gasteiger partial charge is 0.416 e. The lowest BCUT2D eigenvalue weighted by atomic mass is 10.1. The minimum atomic E-state index is -4.47. The zero-order chi connectivity index (χ0) is 14.9. The summed E-state index contributed by atoms with van der Waals surface area (Å²) in [5.74, 6) is -0.637. The maximum atomic E-state index is 12.6. The third-order valence-corrected chi connectivity index (χ3v) is 2.81. The molecule has 0 bridgehead atoms. The summed E-state index contributed by atoms with van der Waals surface area (Å²) >= 11 is 0. The lowest BCUT2D eigenvalue weighted by Crippen LogP contribution is -2.17. The summed E-state index contributed by atoms with van der Waals surface area (Å²) in [6, 6.07) is 4.26. The number of rotatable bonds is 2. The van der Waals surface area contributed by atoms with Gasteiger partial charge in [0.15, 0.2) is 0 Å². The van der Waals surface area contributed by atoms with E-state index >= 15 is 0 Å². The molecule has 0 fully saturated rings. The standard InChI is InChI=1S/C13H10F3NO3/c1-20-11(18)6-8-4-7-5-9(13(14,15)16)2-3-10(7)17-12(8)19/h2-5H,6H2,1H3,(H,17,19). The first-order chi connectivity index (χ1) is 9.31. The molecule has 0 saturated heterocycles. The van der Waals surface area contributed by atoms with E-state index in [9.17, 15) is 22.8 Å². The van der Waals surface area contributed by atoms with Gasteiger partial charge in [0.05, 0.1) is 19.1 Å². The number of alkyl halides is 3. The molecule has 1 aromatic carbocycles. The normalized spacial score (nSPS) is 11.6. The second kappa shape index (κ2) is 4.99. The summed E-state index contributed by atoms with van der Waals surface area (Å²) in [6.45, 7) is 0. The molecule has 0 radical (unpaired) electrons. The Morgan fingerprint density at radius 1 is 1.30 bits per heavy atom. The Morgan fingerprint density at radius 3 is 2.60 bits per heavy atom. The van der Waals surface area contributed by atoms with Crippen molar-refractivity contribution < 1.29 is 22.7 Å². The van der Waals surface area contributed by atoms with E-state index in [1.165, 1.54) is 19.2 Å². The minimum Gasteiger partial charge on any atom is -0.469 e. The largest absolute Gasteiger partial charge is 0.469 e. The van der Waals surface area contributed by atoms with E-state index < -0.39 is 23.3 Å². The number of ether oxygens (including phenoxy) is 1. The predicted octanol–water partition coefficient (Wildman–Crippen LogP) is 2.26. The quantitative estimate of drug-likeness (QED) is 0.861. The lowest BCUT2D eigenvalue weighted by molar-refractivity contribution is -0.140. The average molecular weight is 285 g/mol. The topological polar surface area (TPSA) is 59.2 Å². The van der Waals surface area contributed by atoms with Crippen molar-refractivity contribution >= 4 is 16.9 Å². The van der Waals surface area contributed by atoms with Crippen LogP contribution in [0.2, 0.25) is 0 Å². The highest BCUT2D eigenvalue weighted by molar-refractivity contribution is 5.81. The van der Waals surface area contributed by atoms with E-state index in [0.29, 0.717) is 0 Å². The number of hydrogen-bond acceptors (Lipinski definition) is 3. The SMILES string of the molecule is COC(=O)Cc1cc2cc(C(F)(F)F)ccc2[nH]c1=O. The number of carbonyl (C=O) groups excluding carboxylic acids is 1. The maximum absolute atomic E-state index is 12.6. The minimum absolute atomic E-state index is 0.0590. The van der Waals surface area contributed by atoms with Crippen LogP contribution >= 0.6 is 0 Å². The van der Waals surface area contributed by atoms with Crippen LogP contribution in [0.4, 0.5) is 13.2 Å². The number of hydrogen-bond donors (Lipinski definition) is 1. The van der Waals surface area contributed by atoms with E-state index in [2.05, 4.69) is 9.72 Å². The number of H-pyrrole nitrogens is 1. The zero-order valence-corrected chi connectivity index (χ0v) is 10.4. The van der Waals surface area contributed by atoms with Gasteiger partial charge in [0.1, 0.15) is 0 Å². The number of carbonyl (C=O) groups is 1. The average Bonchev–Trinajstić information content (AvgIpc) is 2.37. The van der Waals surface area contributed by atoms with Gasteiger partial charge in [0.2, 0.25) is 0 Å². The van der Waals surface area contributed by atoms with Crippen LogP contribution in [0, 0.1) is 0 Å². The molecule has 7 heteroatoms. The third-order valence-electron chi connectivity index (χ3n) is 2.81. The fourth-order valence-corrected chi connectivity index (χ4v) is 1.79. The summed E-state index contributed by atoms with van der Waals surface area (Å²) in [4.78, 5) is 25.3. The Balaban J connectivity index is 2.55. The molecule has 0 aliphatic carbocycles. The molecular weight excluding hydrogens is 275 g/mol. The monoisotopic (exact) mass is 285 g/mol. The summed E-state index contributed by atoms with van der Waals surface area (Å²) < 4.78 is 42.3. The van der Waals surface area contributed by atoms with Gasteiger partial charge >= 0.3 is 12.1 Å². The van der Waals surface area contributed by atoms with Crippen LogP contribution in [0.5, 0.6) is 0 Å². The van der Waals surface area contributed by atoms with Crippen LogP contribution in [-0.2, 0) is 22.1 Å². The highest BCUT2D eigenvalue weighted by Crippen LogP contribution is 2.30. The van der Waals surface area contributed by atoms with Crippen LogP contribution in [0.3, 0.4) is 0 Å². The molecule has 20 heavy (non-hydrogen) atoms. The Kier molecular flexibility index (Phi) is 3.52. The number of nitrogens with one attached hydrogen (secondary N) is 1. The molecule has 0 aliphatic rings. The summed E-state index contributed by atoms with van der Waals surface area (Å²) in [6.07, 6.45) is -4.76. The van der Waals surface area contributed by atoms with Crippen LogP contribution in [0.25, 0.3) is 10.9 Å². The van der Waals surface area contributed by atoms with Crippen LogP contribution in [0.15, 0.2) is 29.1 Å². The molecule has 0 atom stereocenters. The second-order valence-corrected chi connectivity index (χ2v) is 4.18. The van der Waals surface area contributed by atoms with Gasteiger partial charge in [0.25, 0.3) is 5.56 Å². The third kappa shape index (κ3) is 2.81. The number of halogens is 3. The van der Waals surface area contributed by atoms with Crippen molar-refractivity contribution in [3.63, 3.8) is 0 Å². The van der Waals surface area contributed by atoms with Gasteiger partial charge in [-0.2, -0.15) is 13.2 Å². The molecule has 2 rings (SSSR count). The van der Waals surface area contributed by atoms with Crippen LogP contribution < -0.4 is 5.56 Å². The first kappa shape index (κ1) is 14.1. The molecule has 0 amide bonds. The van der Waals surface area contributed by atoms with Gasteiger partial charge in [-0.05, 0) is 29.7 Å². The van der Waals surface area contributed by atoms with Gasteiger partial charge in [-0.15, -0.1) is 0 Å². The molecule has 106 valence electrons. The van der Waals surface area contributed by atoms with Gasteiger partial charge in [-0.25, -0.2) is 0 Å². The van der Waals surface area contributed by atoms with Crippen molar-refractivity contribution in [3.05, 3.63) is 45.7 Å². The Bertz CT molecular complexity index is 719. The fraction of sp³-hybridized carbons (Fsp3) is 0.231. The van der Waals surface area contributed by atoms with Crippen LogP contribution in [-0.4, -0.2) is 18.1 Å². The first-order valence-corrected chi connectivity index (χ1v) is 5.61. The Labute approximate surface area is 111 Å². The first-order valence-electron chi connectivity index (χ1n) is 5.61.